The standard InChI is InChI=1S/C15H28N2O3/c1-14(2,3)16-12(18)10-11-8-7-9-17(11)13(19)20-15(4,5)6/h11H,7-10H2,1-6H3,(H,16,18)/t11-/m0/s1. The third kappa shape index (κ3) is 5.80. The molecule has 1 N–H and O–H groups in total. The normalized spacial score (nSPS) is 19.9. The van der Waals surface area contributed by atoms with E-state index < -0.39 is 5.60 Å². The van der Waals surface area contributed by atoms with E-state index in [2.05, 4.69) is 5.32 Å². The number of hydrogen-bond donors (Lipinski definition) is 1. The van der Waals surface area contributed by atoms with Crippen LogP contribution in [0.4, 0.5) is 4.79 Å². The maximum Gasteiger partial charge on any atom is 0.410 e. The molecule has 0 unspecified atom stereocenters. The Bertz CT molecular complexity index is 366. The fourth-order valence-electron chi connectivity index (χ4n) is 2.29. The Labute approximate surface area is 122 Å². The molecule has 5 heteroatoms. The van der Waals surface area contributed by atoms with Gasteiger partial charge in [0.1, 0.15) is 5.60 Å². The number of hydrogen-bond acceptors (Lipinski definition) is 3. The molecule has 2 amide bonds. The minimum absolute atomic E-state index is 0.0158. The van der Waals surface area contributed by atoms with Crippen molar-refractivity contribution in [3.8, 4) is 0 Å². The first-order valence-electron chi connectivity index (χ1n) is 7.28. The van der Waals surface area contributed by atoms with Gasteiger partial charge in [0, 0.05) is 24.5 Å². The van der Waals surface area contributed by atoms with Gasteiger partial charge in [-0.25, -0.2) is 4.79 Å². The number of carbonyl (C=O) groups excluding carboxylic acids is 2. The predicted molar refractivity (Wildman–Crippen MR) is 78.5 cm³/mol. The van der Waals surface area contributed by atoms with Crippen LogP contribution >= 0.6 is 0 Å². The summed E-state index contributed by atoms with van der Waals surface area (Å²) >= 11 is 0. The molecule has 0 bridgehead atoms. The third-order valence-corrected chi connectivity index (χ3v) is 2.94. The minimum atomic E-state index is -0.502. The molecule has 0 spiro atoms. The Hall–Kier alpha value is -1.26. The summed E-state index contributed by atoms with van der Waals surface area (Å²) in [5.41, 5.74) is -0.746. The fourth-order valence-corrected chi connectivity index (χ4v) is 2.29. The number of rotatable bonds is 2. The van der Waals surface area contributed by atoms with Crippen LogP contribution in [0.15, 0.2) is 0 Å². The van der Waals surface area contributed by atoms with Crippen molar-refractivity contribution < 1.29 is 14.3 Å². The number of nitrogens with one attached hydrogen (secondary N) is 1. The molecule has 0 radical (unpaired) electrons. The van der Waals surface area contributed by atoms with E-state index in [9.17, 15) is 9.59 Å². The van der Waals surface area contributed by atoms with Gasteiger partial charge in [-0.3, -0.25) is 4.79 Å². The Morgan fingerprint density at radius 2 is 1.80 bits per heavy atom. The summed E-state index contributed by atoms with van der Waals surface area (Å²) in [5.74, 6) is -0.0158. The van der Waals surface area contributed by atoms with Crippen molar-refractivity contribution in [1.82, 2.24) is 10.2 Å². The van der Waals surface area contributed by atoms with Crippen molar-refractivity contribution in [2.75, 3.05) is 6.54 Å². The lowest BCUT2D eigenvalue weighted by atomic mass is 10.1. The van der Waals surface area contributed by atoms with Gasteiger partial charge in [-0.2, -0.15) is 0 Å². The molecular weight excluding hydrogens is 256 g/mol. The van der Waals surface area contributed by atoms with Crippen molar-refractivity contribution in [2.45, 2.75) is 78.0 Å². The van der Waals surface area contributed by atoms with Gasteiger partial charge < -0.3 is 15.0 Å². The highest BCUT2D eigenvalue weighted by molar-refractivity contribution is 5.78. The summed E-state index contributed by atoms with van der Waals surface area (Å²) in [6.45, 7) is 12.1. The molecular formula is C15H28N2O3. The van der Waals surface area contributed by atoms with Crippen molar-refractivity contribution >= 4 is 12.0 Å². The third-order valence-electron chi connectivity index (χ3n) is 2.94. The Kier molecular flexibility index (Phi) is 5.05. The van der Waals surface area contributed by atoms with Crippen LogP contribution in [0.25, 0.3) is 0 Å². The van der Waals surface area contributed by atoms with Gasteiger partial charge in [0.05, 0.1) is 0 Å². The van der Waals surface area contributed by atoms with Gasteiger partial charge in [-0.05, 0) is 54.4 Å². The van der Waals surface area contributed by atoms with E-state index in [-0.39, 0.29) is 23.6 Å². The highest BCUT2D eigenvalue weighted by Gasteiger charge is 2.33. The Morgan fingerprint density at radius 3 is 2.30 bits per heavy atom. The van der Waals surface area contributed by atoms with Crippen LogP contribution in [0.5, 0.6) is 0 Å². The van der Waals surface area contributed by atoms with E-state index >= 15 is 0 Å². The molecule has 1 heterocycles. The van der Waals surface area contributed by atoms with Gasteiger partial charge in [-0.15, -0.1) is 0 Å². The number of likely N-dealkylation sites (tertiary alicyclic amines) is 1. The van der Waals surface area contributed by atoms with Crippen LogP contribution in [-0.4, -0.2) is 40.6 Å². The lowest BCUT2D eigenvalue weighted by Crippen LogP contribution is -2.45. The van der Waals surface area contributed by atoms with Crippen LogP contribution in [0.2, 0.25) is 0 Å². The quantitative estimate of drug-likeness (QED) is 0.848. The maximum absolute atomic E-state index is 12.1. The monoisotopic (exact) mass is 284 g/mol. The smallest absolute Gasteiger partial charge is 0.410 e. The van der Waals surface area contributed by atoms with E-state index in [1.165, 1.54) is 0 Å². The molecule has 1 rings (SSSR count). The summed E-state index contributed by atoms with van der Waals surface area (Å²) in [6, 6.07) is -0.0489. The molecule has 1 saturated heterocycles. The highest BCUT2D eigenvalue weighted by Crippen LogP contribution is 2.23. The number of ether oxygens (including phenoxy) is 1. The van der Waals surface area contributed by atoms with E-state index in [1.54, 1.807) is 4.90 Å². The molecule has 0 aromatic carbocycles. The van der Waals surface area contributed by atoms with Gasteiger partial charge in [-0.1, -0.05) is 0 Å². The average molecular weight is 284 g/mol. The molecule has 0 aromatic heterocycles. The van der Waals surface area contributed by atoms with Crippen LogP contribution in [0.1, 0.15) is 60.8 Å². The van der Waals surface area contributed by atoms with E-state index in [1.807, 2.05) is 41.5 Å². The SMILES string of the molecule is CC(C)(C)NC(=O)C[C@@H]1CCCN1C(=O)OC(C)(C)C. The van der Waals surface area contributed by atoms with E-state index in [0.717, 1.165) is 12.8 Å². The summed E-state index contributed by atoms with van der Waals surface area (Å²) in [4.78, 5) is 25.8. The lowest BCUT2D eigenvalue weighted by Gasteiger charge is -2.29. The maximum atomic E-state index is 12.1. The Morgan fingerprint density at radius 1 is 1.20 bits per heavy atom. The first-order valence-corrected chi connectivity index (χ1v) is 7.28. The molecule has 1 aliphatic rings. The predicted octanol–water partition coefficient (Wildman–Crippen LogP) is 2.69. The van der Waals surface area contributed by atoms with Gasteiger partial charge in [0.15, 0.2) is 0 Å². The van der Waals surface area contributed by atoms with E-state index in [4.69, 9.17) is 4.74 Å². The lowest BCUT2D eigenvalue weighted by molar-refractivity contribution is -0.123. The van der Waals surface area contributed by atoms with Crippen LogP contribution in [0.3, 0.4) is 0 Å². The van der Waals surface area contributed by atoms with Gasteiger partial charge in [0.2, 0.25) is 5.91 Å². The topological polar surface area (TPSA) is 58.6 Å². The molecule has 0 aliphatic carbocycles. The minimum Gasteiger partial charge on any atom is -0.444 e. The summed E-state index contributed by atoms with van der Waals surface area (Å²) in [5, 5.41) is 2.94. The molecule has 0 saturated carbocycles. The Balaban J connectivity index is 2.57. The summed E-state index contributed by atoms with van der Waals surface area (Å²) in [6.07, 6.45) is 1.81. The molecule has 116 valence electrons. The van der Waals surface area contributed by atoms with Crippen molar-refractivity contribution in [2.24, 2.45) is 0 Å². The first-order chi connectivity index (χ1) is 8.98. The van der Waals surface area contributed by atoms with Crippen LogP contribution in [0, 0.1) is 0 Å². The first kappa shape index (κ1) is 16.8. The summed E-state index contributed by atoms with van der Waals surface area (Å²) in [7, 11) is 0. The van der Waals surface area contributed by atoms with E-state index in [0.29, 0.717) is 13.0 Å². The molecule has 20 heavy (non-hydrogen) atoms. The second-order valence-corrected chi connectivity index (χ2v) is 7.47. The fraction of sp³-hybridized carbons (Fsp3) is 0.867. The zero-order valence-electron chi connectivity index (χ0n) is 13.6. The number of carbonyl (C=O) groups is 2. The molecule has 5 nitrogen and oxygen atoms in total. The summed E-state index contributed by atoms with van der Waals surface area (Å²) < 4.78 is 5.39. The average Bonchev–Trinajstić information content (AvgIpc) is 2.59. The highest BCUT2D eigenvalue weighted by atomic mass is 16.6. The zero-order chi connectivity index (χ0) is 15.6. The number of amides is 2. The van der Waals surface area contributed by atoms with Crippen molar-refractivity contribution in [1.29, 1.82) is 0 Å². The zero-order valence-corrected chi connectivity index (χ0v) is 13.6. The largest absolute Gasteiger partial charge is 0.444 e. The van der Waals surface area contributed by atoms with Crippen molar-refractivity contribution in [3.63, 3.8) is 0 Å². The van der Waals surface area contributed by atoms with Gasteiger partial charge in [0.25, 0.3) is 0 Å². The molecule has 1 aliphatic heterocycles. The molecule has 1 fully saturated rings. The van der Waals surface area contributed by atoms with Gasteiger partial charge >= 0.3 is 6.09 Å². The second-order valence-electron chi connectivity index (χ2n) is 7.47. The second kappa shape index (κ2) is 6.02. The molecule has 1 atom stereocenters. The van der Waals surface area contributed by atoms with Crippen molar-refractivity contribution in [3.05, 3.63) is 0 Å². The molecule has 0 aromatic rings. The van der Waals surface area contributed by atoms with Crippen LogP contribution < -0.4 is 5.32 Å². The van der Waals surface area contributed by atoms with Crippen LogP contribution in [-0.2, 0) is 9.53 Å². The number of nitrogens with zero attached hydrogens (tertiary/aromatic N) is 1.